The first-order valence-corrected chi connectivity index (χ1v) is 6.99. The van der Waals surface area contributed by atoms with E-state index in [4.69, 9.17) is 0 Å². The normalized spacial score (nSPS) is 10.9. The monoisotopic (exact) mass is 349 g/mol. The second-order valence-corrected chi connectivity index (χ2v) is 5.32. The number of benzene rings is 2. The lowest BCUT2D eigenvalue weighted by Crippen LogP contribution is -2.00. The van der Waals surface area contributed by atoms with Gasteiger partial charge in [-0.2, -0.15) is 0 Å². The quantitative estimate of drug-likeness (QED) is 0.745. The molecule has 0 fully saturated rings. The summed E-state index contributed by atoms with van der Waals surface area (Å²) in [6.07, 6.45) is 0. The summed E-state index contributed by atoms with van der Waals surface area (Å²) < 4.78 is 28.2. The van der Waals surface area contributed by atoms with E-state index in [-0.39, 0.29) is 11.4 Å². The largest absolute Gasteiger partial charge is 0.373 e. The first-order valence-electron chi connectivity index (χ1n) is 6.19. The highest BCUT2D eigenvalue weighted by atomic mass is 79.9. The first kappa shape index (κ1) is 13.9. The molecule has 1 heterocycles. The number of nitrogens with one attached hydrogen (secondary N) is 1. The zero-order valence-electron chi connectivity index (χ0n) is 11.0. The average molecular weight is 350 g/mol. The van der Waals surface area contributed by atoms with Gasteiger partial charge < -0.3 is 5.32 Å². The molecule has 3 rings (SSSR count). The Morgan fingerprint density at radius 1 is 1.10 bits per heavy atom. The topological polar surface area (TPSA) is 37.8 Å². The van der Waals surface area contributed by atoms with Gasteiger partial charge in [0.1, 0.15) is 5.82 Å². The molecule has 0 atom stereocenters. The van der Waals surface area contributed by atoms with Crippen molar-refractivity contribution in [2.24, 2.45) is 0 Å². The van der Waals surface area contributed by atoms with E-state index in [1.807, 2.05) is 12.1 Å². The summed E-state index contributed by atoms with van der Waals surface area (Å²) in [5.41, 5.74) is 0.688. The molecule has 106 valence electrons. The second kappa shape index (κ2) is 5.37. The van der Waals surface area contributed by atoms with Crippen molar-refractivity contribution in [2.45, 2.75) is 0 Å². The van der Waals surface area contributed by atoms with Crippen LogP contribution in [0.5, 0.6) is 0 Å². The number of hydrogen-bond donors (Lipinski definition) is 1. The standard InChI is InChI=1S/C15H10BrF2N3/c1-19-14-10-7-8(16)5-6-12(10)20-15(21-14)9-3-2-4-11(17)13(9)18/h2-7H,1H3,(H,19,20,21). The molecule has 0 saturated heterocycles. The number of nitrogens with zero attached hydrogens (tertiary/aromatic N) is 2. The van der Waals surface area contributed by atoms with Crippen LogP contribution in [-0.2, 0) is 0 Å². The van der Waals surface area contributed by atoms with Crippen LogP contribution >= 0.6 is 15.9 Å². The van der Waals surface area contributed by atoms with Gasteiger partial charge in [-0.25, -0.2) is 18.7 Å². The predicted octanol–water partition coefficient (Wildman–Crippen LogP) is 4.38. The Morgan fingerprint density at radius 2 is 1.90 bits per heavy atom. The lowest BCUT2D eigenvalue weighted by Gasteiger charge is -2.09. The SMILES string of the molecule is CNc1nc(-c2cccc(F)c2F)nc2ccc(Br)cc12. The van der Waals surface area contributed by atoms with Gasteiger partial charge in [-0.3, -0.25) is 0 Å². The Labute approximate surface area is 128 Å². The summed E-state index contributed by atoms with van der Waals surface area (Å²) in [4.78, 5) is 8.60. The van der Waals surface area contributed by atoms with E-state index in [1.54, 1.807) is 13.1 Å². The Bertz CT molecular complexity index is 837. The fraction of sp³-hybridized carbons (Fsp3) is 0.0667. The van der Waals surface area contributed by atoms with Gasteiger partial charge in [0.05, 0.1) is 11.1 Å². The highest BCUT2D eigenvalue weighted by Crippen LogP contribution is 2.28. The third kappa shape index (κ3) is 2.47. The van der Waals surface area contributed by atoms with Crippen molar-refractivity contribution in [3.63, 3.8) is 0 Å². The molecule has 0 aliphatic carbocycles. The Kier molecular flexibility index (Phi) is 3.55. The molecule has 21 heavy (non-hydrogen) atoms. The maximum Gasteiger partial charge on any atom is 0.169 e. The average Bonchev–Trinajstić information content (AvgIpc) is 2.49. The first-order chi connectivity index (χ1) is 10.1. The van der Waals surface area contributed by atoms with Crippen molar-refractivity contribution in [1.82, 2.24) is 9.97 Å². The van der Waals surface area contributed by atoms with Crippen LogP contribution in [0.25, 0.3) is 22.3 Å². The summed E-state index contributed by atoms with van der Waals surface area (Å²) in [5, 5.41) is 3.75. The molecule has 0 aliphatic heterocycles. The minimum Gasteiger partial charge on any atom is -0.373 e. The van der Waals surface area contributed by atoms with Crippen LogP contribution in [-0.4, -0.2) is 17.0 Å². The van der Waals surface area contributed by atoms with Crippen molar-refractivity contribution >= 4 is 32.7 Å². The van der Waals surface area contributed by atoms with Gasteiger partial charge in [0, 0.05) is 16.9 Å². The number of aromatic nitrogens is 2. The number of fused-ring (bicyclic) bond motifs is 1. The molecule has 1 N–H and O–H groups in total. The second-order valence-electron chi connectivity index (χ2n) is 4.41. The van der Waals surface area contributed by atoms with Crippen LogP contribution in [0, 0.1) is 11.6 Å². The van der Waals surface area contributed by atoms with Gasteiger partial charge in [-0.15, -0.1) is 0 Å². The smallest absolute Gasteiger partial charge is 0.169 e. The highest BCUT2D eigenvalue weighted by molar-refractivity contribution is 9.10. The number of hydrogen-bond acceptors (Lipinski definition) is 3. The molecular weight excluding hydrogens is 340 g/mol. The van der Waals surface area contributed by atoms with Gasteiger partial charge in [-0.1, -0.05) is 22.0 Å². The molecule has 0 aliphatic rings. The third-order valence-electron chi connectivity index (χ3n) is 3.09. The number of halogens is 3. The summed E-state index contributed by atoms with van der Waals surface area (Å²) in [5.74, 6) is -1.17. The van der Waals surface area contributed by atoms with Crippen LogP contribution in [0.4, 0.5) is 14.6 Å². The van der Waals surface area contributed by atoms with E-state index in [0.717, 1.165) is 15.9 Å². The van der Waals surface area contributed by atoms with Gasteiger partial charge in [0.25, 0.3) is 0 Å². The summed E-state index contributed by atoms with van der Waals surface area (Å²) in [6, 6.07) is 9.45. The maximum atomic E-state index is 13.9. The van der Waals surface area contributed by atoms with E-state index >= 15 is 0 Å². The van der Waals surface area contributed by atoms with Gasteiger partial charge >= 0.3 is 0 Å². The summed E-state index contributed by atoms with van der Waals surface area (Å²) in [7, 11) is 1.72. The van der Waals surface area contributed by atoms with Crippen molar-refractivity contribution < 1.29 is 8.78 Å². The molecule has 2 aromatic carbocycles. The molecule has 0 radical (unpaired) electrons. The summed E-state index contributed by atoms with van der Waals surface area (Å²) >= 11 is 3.39. The molecule has 3 aromatic rings. The highest BCUT2D eigenvalue weighted by Gasteiger charge is 2.15. The van der Waals surface area contributed by atoms with Crippen LogP contribution in [0.15, 0.2) is 40.9 Å². The minimum absolute atomic E-state index is 0.0383. The van der Waals surface area contributed by atoms with Crippen LogP contribution in [0.3, 0.4) is 0 Å². The van der Waals surface area contributed by atoms with Crippen LogP contribution in [0.1, 0.15) is 0 Å². The van der Waals surface area contributed by atoms with E-state index < -0.39 is 11.6 Å². The van der Waals surface area contributed by atoms with Crippen molar-refractivity contribution in [3.8, 4) is 11.4 Å². The number of anilines is 1. The molecule has 0 saturated carbocycles. The number of rotatable bonds is 2. The van der Waals surface area contributed by atoms with Gasteiger partial charge in [0.2, 0.25) is 0 Å². The van der Waals surface area contributed by atoms with Gasteiger partial charge in [0.15, 0.2) is 17.5 Å². The molecular formula is C15H10BrF2N3. The van der Waals surface area contributed by atoms with Crippen LogP contribution in [0.2, 0.25) is 0 Å². The Balaban J connectivity index is 2.29. The Morgan fingerprint density at radius 3 is 2.67 bits per heavy atom. The Hall–Kier alpha value is -2.08. The van der Waals surface area contributed by atoms with E-state index in [9.17, 15) is 8.78 Å². The zero-order valence-corrected chi connectivity index (χ0v) is 12.6. The minimum atomic E-state index is -0.948. The van der Waals surface area contributed by atoms with Gasteiger partial charge in [-0.05, 0) is 30.3 Å². The van der Waals surface area contributed by atoms with E-state index in [0.29, 0.717) is 11.3 Å². The van der Waals surface area contributed by atoms with Crippen molar-refractivity contribution in [1.29, 1.82) is 0 Å². The van der Waals surface area contributed by atoms with Crippen LogP contribution < -0.4 is 5.32 Å². The molecule has 0 amide bonds. The van der Waals surface area contributed by atoms with E-state index in [1.165, 1.54) is 12.1 Å². The molecule has 3 nitrogen and oxygen atoms in total. The van der Waals surface area contributed by atoms with Crippen molar-refractivity contribution in [3.05, 3.63) is 52.5 Å². The van der Waals surface area contributed by atoms with E-state index in [2.05, 4.69) is 31.2 Å². The predicted molar refractivity (Wildman–Crippen MR) is 82.1 cm³/mol. The maximum absolute atomic E-state index is 13.9. The fourth-order valence-electron chi connectivity index (χ4n) is 2.09. The zero-order chi connectivity index (χ0) is 15.0. The summed E-state index contributed by atoms with van der Waals surface area (Å²) in [6.45, 7) is 0. The lowest BCUT2D eigenvalue weighted by atomic mass is 10.1. The third-order valence-corrected chi connectivity index (χ3v) is 3.58. The molecule has 1 aromatic heterocycles. The molecule has 0 unspecified atom stereocenters. The van der Waals surface area contributed by atoms with Crippen molar-refractivity contribution in [2.75, 3.05) is 12.4 Å². The lowest BCUT2D eigenvalue weighted by molar-refractivity contribution is 0.510. The molecule has 6 heteroatoms. The molecule has 0 bridgehead atoms. The fourth-order valence-corrected chi connectivity index (χ4v) is 2.45. The molecule has 0 spiro atoms.